The lowest BCUT2D eigenvalue weighted by Crippen LogP contribution is -2.25. The fourth-order valence-corrected chi connectivity index (χ4v) is 2.04. The van der Waals surface area contributed by atoms with E-state index in [0.717, 1.165) is 12.3 Å². The zero-order valence-corrected chi connectivity index (χ0v) is 12.2. The van der Waals surface area contributed by atoms with Crippen LogP contribution in [0.1, 0.15) is 45.6 Å². The largest absolute Gasteiger partial charge is 0.310 e. The van der Waals surface area contributed by atoms with Crippen LogP contribution in [0.4, 0.5) is 4.39 Å². The summed E-state index contributed by atoms with van der Waals surface area (Å²) in [5.74, 6) is 0.523. The molecule has 3 heteroatoms. The van der Waals surface area contributed by atoms with Crippen molar-refractivity contribution in [2.75, 3.05) is 0 Å². The molecule has 1 aromatic rings. The Bertz CT molecular complexity index is 366. The van der Waals surface area contributed by atoms with Crippen LogP contribution in [0, 0.1) is 11.7 Å². The fraction of sp³-hybridized carbons (Fsp3) is 0.600. The van der Waals surface area contributed by atoms with Gasteiger partial charge in [-0.15, -0.1) is 0 Å². The molecule has 0 radical (unpaired) electrons. The Kier molecular flexibility index (Phi) is 6.66. The minimum Gasteiger partial charge on any atom is -0.310 e. The van der Waals surface area contributed by atoms with Gasteiger partial charge in [-0.05, 0) is 31.4 Å². The highest BCUT2D eigenvalue weighted by molar-refractivity contribution is 6.30. The molecule has 0 bridgehead atoms. The smallest absolute Gasteiger partial charge is 0.129 e. The fourth-order valence-electron chi connectivity index (χ4n) is 1.88. The number of hydrogen-bond donors (Lipinski definition) is 1. The van der Waals surface area contributed by atoms with E-state index in [0.29, 0.717) is 23.2 Å². The first-order valence-electron chi connectivity index (χ1n) is 6.66. The van der Waals surface area contributed by atoms with Gasteiger partial charge in [0.05, 0.1) is 0 Å². The maximum atomic E-state index is 13.5. The summed E-state index contributed by atoms with van der Waals surface area (Å²) in [6, 6.07) is 5.25. The molecule has 0 fully saturated rings. The highest BCUT2D eigenvalue weighted by Crippen LogP contribution is 2.15. The highest BCUT2D eigenvalue weighted by atomic mass is 35.5. The van der Waals surface area contributed by atoms with Crippen molar-refractivity contribution in [3.8, 4) is 0 Å². The van der Waals surface area contributed by atoms with E-state index in [9.17, 15) is 4.39 Å². The predicted octanol–water partition coefficient (Wildman–Crippen LogP) is 4.78. The number of nitrogens with one attached hydrogen (secondary N) is 1. The van der Waals surface area contributed by atoms with Gasteiger partial charge in [-0.1, -0.05) is 44.4 Å². The summed E-state index contributed by atoms with van der Waals surface area (Å²) in [6.45, 7) is 7.18. The van der Waals surface area contributed by atoms with E-state index in [4.69, 9.17) is 11.6 Å². The summed E-state index contributed by atoms with van der Waals surface area (Å²) in [5.41, 5.74) is 0.676. The van der Waals surface area contributed by atoms with Gasteiger partial charge in [0.2, 0.25) is 0 Å². The lowest BCUT2D eigenvalue weighted by Gasteiger charge is -2.15. The Balaban J connectivity index is 2.31. The maximum Gasteiger partial charge on any atom is 0.129 e. The summed E-state index contributed by atoms with van der Waals surface area (Å²) in [4.78, 5) is 0. The summed E-state index contributed by atoms with van der Waals surface area (Å²) >= 11 is 5.72. The van der Waals surface area contributed by atoms with E-state index in [2.05, 4.69) is 26.1 Å². The van der Waals surface area contributed by atoms with Gasteiger partial charge in [0.15, 0.2) is 0 Å². The molecule has 0 aliphatic heterocycles. The van der Waals surface area contributed by atoms with Crippen LogP contribution >= 0.6 is 11.6 Å². The van der Waals surface area contributed by atoms with Gasteiger partial charge < -0.3 is 5.32 Å². The lowest BCUT2D eigenvalue weighted by molar-refractivity contribution is 0.453. The van der Waals surface area contributed by atoms with E-state index >= 15 is 0 Å². The molecule has 0 aliphatic rings. The molecule has 0 saturated heterocycles. The molecule has 0 aliphatic carbocycles. The molecule has 1 rings (SSSR count). The molecule has 1 aromatic carbocycles. The molecule has 0 heterocycles. The zero-order chi connectivity index (χ0) is 13.5. The van der Waals surface area contributed by atoms with Crippen molar-refractivity contribution in [2.24, 2.45) is 5.92 Å². The van der Waals surface area contributed by atoms with Crippen molar-refractivity contribution in [2.45, 2.75) is 52.6 Å². The zero-order valence-electron chi connectivity index (χ0n) is 11.5. The van der Waals surface area contributed by atoms with Gasteiger partial charge in [-0.2, -0.15) is 0 Å². The van der Waals surface area contributed by atoms with Crippen LogP contribution in [0.3, 0.4) is 0 Å². The van der Waals surface area contributed by atoms with Crippen LogP contribution in [0.5, 0.6) is 0 Å². The molecular formula is C15H23ClFN. The van der Waals surface area contributed by atoms with Crippen molar-refractivity contribution in [1.82, 2.24) is 5.32 Å². The van der Waals surface area contributed by atoms with E-state index in [-0.39, 0.29) is 5.82 Å². The normalized spacial score (nSPS) is 13.0. The number of hydrogen-bond acceptors (Lipinski definition) is 1. The molecule has 0 saturated carbocycles. The van der Waals surface area contributed by atoms with Crippen LogP contribution in [-0.4, -0.2) is 6.04 Å². The van der Waals surface area contributed by atoms with Crippen molar-refractivity contribution in [3.63, 3.8) is 0 Å². The first-order valence-corrected chi connectivity index (χ1v) is 7.04. The van der Waals surface area contributed by atoms with Crippen LogP contribution in [0.15, 0.2) is 18.2 Å². The van der Waals surface area contributed by atoms with Gasteiger partial charge in [-0.25, -0.2) is 4.39 Å². The molecule has 1 N–H and O–H groups in total. The highest BCUT2D eigenvalue weighted by Gasteiger charge is 2.06. The molecule has 1 unspecified atom stereocenters. The molecule has 1 nitrogen and oxygen atoms in total. The van der Waals surface area contributed by atoms with E-state index in [1.807, 2.05) is 0 Å². The molecule has 0 spiro atoms. The minimum absolute atomic E-state index is 0.232. The second-order valence-corrected chi connectivity index (χ2v) is 5.78. The Morgan fingerprint density at radius 1 is 1.22 bits per heavy atom. The molecule has 0 aromatic heterocycles. The topological polar surface area (TPSA) is 12.0 Å². The van der Waals surface area contributed by atoms with E-state index in [1.54, 1.807) is 12.1 Å². The van der Waals surface area contributed by atoms with Crippen molar-refractivity contribution in [3.05, 3.63) is 34.6 Å². The Labute approximate surface area is 115 Å². The number of rotatable bonds is 7. The summed E-state index contributed by atoms with van der Waals surface area (Å²) in [7, 11) is 0. The quantitative estimate of drug-likeness (QED) is 0.752. The second-order valence-electron chi connectivity index (χ2n) is 5.34. The van der Waals surface area contributed by atoms with Gasteiger partial charge in [0.25, 0.3) is 0 Å². The first kappa shape index (κ1) is 15.5. The average Bonchev–Trinajstić information content (AvgIpc) is 2.27. The third-order valence-corrected chi connectivity index (χ3v) is 3.31. The Hall–Kier alpha value is -0.600. The van der Waals surface area contributed by atoms with Gasteiger partial charge in [-0.3, -0.25) is 0 Å². The van der Waals surface area contributed by atoms with Gasteiger partial charge in [0.1, 0.15) is 5.82 Å². The third kappa shape index (κ3) is 5.83. The van der Waals surface area contributed by atoms with Crippen molar-refractivity contribution < 1.29 is 4.39 Å². The second kappa shape index (κ2) is 7.75. The van der Waals surface area contributed by atoms with E-state index in [1.165, 1.54) is 18.9 Å². The van der Waals surface area contributed by atoms with Crippen LogP contribution in [-0.2, 0) is 6.54 Å². The maximum absolute atomic E-state index is 13.5. The monoisotopic (exact) mass is 271 g/mol. The van der Waals surface area contributed by atoms with Crippen molar-refractivity contribution >= 4 is 11.6 Å². The van der Waals surface area contributed by atoms with Crippen LogP contribution in [0.2, 0.25) is 5.02 Å². The summed E-state index contributed by atoms with van der Waals surface area (Å²) in [5, 5.41) is 3.80. The molecule has 0 amide bonds. The van der Waals surface area contributed by atoms with E-state index < -0.39 is 0 Å². The first-order chi connectivity index (χ1) is 8.49. The average molecular weight is 272 g/mol. The Morgan fingerprint density at radius 3 is 2.56 bits per heavy atom. The van der Waals surface area contributed by atoms with Crippen molar-refractivity contribution in [1.29, 1.82) is 0 Å². The Morgan fingerprint density at radius 2 is 1.94 bits per heavy atom. The number of benzene rings is 1. The molecule has 1 atom stereocenters. The minimum atomic E-state index is -0.232. The number of halogens is 2. The standard InChI is InChI=1S/C15H23ClFN/c1-11(2)5-4-6-12(3)18-10-13-7-8-14(16)9-15(13)17/h7-9,11-12,18H,4-6,10H2,1-3H3. The van der Waals surface area contributed by atoms with Crippen LogP contribution < -0.4 is 5.32 Å². The summed E-state index contributed by atoms with van der Waals surface area (Å²) < 4.78 is 13.5. The molecule has 102 valence electrons. The molecular weight excluding hydrogens is 249 g/mol. The summed E-state index contributed by atoms with van der Waals surface area (Å²) in [6.07, 6.45) is 3.60. The third-order valence-electron chi connectivity index (χ3n) is 3.07. The lowest BCUT2D eigenvalue weighted by atomic mass is 10.0. The van der Waals surface area contributed by atoms with Gasteiger partial charge in [0, 0.05) is 23.2 Å². The SMILES string of the molecule is CC(C)CCCC(C)NCc1ccc(Cl)cc1F. The predicted molar refractivity (Wildman–Crippen MR) is 76.4 cm³/mol. The van der Waals surface area contributed by atoms with Crippen LogP contribution in [0.25, 0.3) is 0 Å². The molecule has 18 heavy (non-hydrogen) atoms. The van der Waals surface area contributed by atoms with Gasteiger partial charge >= 0.3 is 0 Å².